The number of carbonyl (C=O) groups excluding carboxylic acids is 2. The van der Waals surface area contributed by atoms with Crippen LogP contribution in [0, 0.1) is 0 Å². The molecule has 0 spiro atoms. The van der Waals surface area contributed by atoms with Gasteiger partial charge in [0.2, 0.25) is 0 Å². The third kappa shape index (κ3) is 5.71. The highest BCUT2D eigenvalue weighted by Crippen LogP contribution is 2.30. The maximum atomic E-state index is 12.3. The Kier molecular flexibility index (Phi) is 7.28. The van der Waals surface area contributed by atoms with Gasteiger partial charge in [0.05, 0.1) is 5.69 Å². The SMILES string of the molecule is CCC(=O)c1ccc(OCC(=O)Nc2ccccc2SCc2ccsc2)cc1. The van der Waals surface area contributed by atoms with Crippen LogP contribution < -0.4 is 10.1 Å². The Morgan fingerprint density at radius 2 is 1.86 bits per heavy atom. The van der Waals surface area contributed by atoms with E-state index >= 15 is 0 Å². The van der Waals surface area contributed by atoms with Crippen molar-refractivity contribution in [3.63, 3.8) is 0 Å². The molecule has 0 atom stereocenters. The van der Waals surface area contributed by atoms with Crippen LogP contribution in [-0.2, 0) is 10.5 Å². The molecule has 0 saturated carbocycles. The van der Waals surface area contributed by atoms with Crippen molar-refractivity contribution in [3.05, 3.63) is 76.5 Å². The largest absolute Gasteiger partial charge is 0.484 e. The quantitative estimate of drug-likeness (QED) is 0.365. The zero-order valence-electron chi connectivity index (χ0n) is 15.5. The topological polar surface area (TPSA) is 55.4 Å². The Hall–Kier alpha value is -2.57. The first-order chi connectivity index (χ1) is 13.7. The van der Waals surface area contributed by atoms with Gasteiger partial charge in [-0.3, -0.25) is 9.59 Å². The Balaban J connectivity index is 1.54. The minimum absolute atomic E-state index is 0.0841. The number of ether oxygens (including phenoxy) is 1. The van der Waals surface area contributed by atoms with Crippen molar-refractivity contribution >= 4 is 40.5 Å². The second-order valence-corrected chi connectivity index (χ2v) is 7.85. The lowest BCUT2D eigenvalue weighted by Gasteiger charge is -2.11. The molecular formula is C22H21NO3S2. The van der Waals surface area contributed by atoms with E-state index in [1.54, 1.807) is 47.4 Å². The summed E-state index contributed by atoms with van der Waals surface area (Å²) in [4.78, 5) is 25.0. The molecule has 2 aromatic carbocycles. The van der Waals surface area contributed by atoms with Crippen molar-refractivity contribution in [2.24, 2.45) is 0 Å². The summed E-state index contributed by atoms with van der Waals surface area (Å²) in [7, 11) is 0. The Morgan fingerprint density at radius 3 is 2.57 bits per heavy atom. The summed E-state index contributed by atoms with van der Waals surface area (Å²) in [6, 6.07) is 16.7. The summed E-state index contributed by atoms with van der Waals surface area (Å²) in [6.45, 7) is 1.73. The molecule has 0 saturated heterocycles. The van der Waals surface area contributed by atoms with Crippen LogP contribution in [0.2, 0.25) is 0 Å². The van der Waals surface area contributed by atoms with Crippen LogP contribution in [0.25, 0.3) is 0 Å². The zero-order valence-corrected chi connectivity index (χ0v) is 17.1. The van der Waals surface area contributed by atoms with Gasteiger partial charge in [-0.1, -0.05) is 19.1 Å². The standard InChI is InChI=1S/C22H21NO3S2/c1-2-20(24)17-7-9-18(10-8-17)26-13-22(25)23-19-5-3-4-6-21(19)28-15-16-11-12-27-14-16/h3-12,14H,2,13,15H2,1H3,(H,23,25). The number of thiophene rings is 1. The number of para-hydroxylation sites is 1. The number of hydrogen-bond acceptors (Lipinski definition) is 5. The molecule has 0 fully saturated rings. The highest BCUT2D eigenvalue weighted by atomic mass is 32.2. The fourth-order valence-electron chi connectivity index (χ4n) is 2.51. The number of rotatable bonds is 9. The van der Waals surface area contributed by atoms with E-state index in [-0.39, 0.29) is 18.3 Å². The van der Waals surface area contributed by atoms with E-state index in [1.165, 1.54) is 5.56 Å². The summed E-state index contributed by atoms with van der Waals surface area (Å²) < 4.78 is 5.54. The molecule has 3 aromatic rings. The molecule has 3 rings (SSSR count). The van der Waals surface area contributed by atoms with Crippen molar-refractivity contribution in [2.75, 3.05) is 11.9 Å². The van der Waals surface area contributed by atoms with E-state index in [1.807, 2.05) is 31.2 Å². The molecular weight excluding hydrogens is 390 g/mol. The van der Waals surface area contributed by atoms with E-state index in [0.29, 0.717) is 17.7 Å². The van der Waals surface area contributed by atoms with Crippen LogP contribution in [-0.4, -0.2) is 18.3 Å². The molecule has 0 aliphatic rings. The van der Waals surface area contributed by atoms with Gasteiger partial charge in [0.15, 0.2) is 12.4 Å². The molecule has 0 aliphatic carbocycles. The Morgan fingerprint density at radius 1 is 1.07 bits per heavy atom. The number of Topliss-reactive ketones (excluding diaryl/α,β-unsaturated/α-hetero) is 1. The van der Waals surface area contributed by atoms with Crippen molar-refractivity contribution in [3.8, 4) is 5.75 Å². The summed E-state index contributed by atoms with van der Waals surface area (Å²) >= 11 is 3.37. The third-order valence-electron chi connectivity index (χ3n) is 4.00. The number of anilines is 1. The number of amides is 1. The van der Waals surface area contributed by atoms with Gasteiger partial charge in [-0.05, 0) is 58.8 Å². The van der Waals surface area contributed by atoms with Crippen LogP contribution >= 0.6 is 23.1 Å². The number of thioether (sulfide) groups is 1. The molecule has 4 nitrogen and oxygen atoms in total. The van der Waals surface area contributed by atoms with Crippen LogP contribution in [0.1, 0.15) is 29.3 Å². The summed E-state index contributed by atoms with van der Waals surface area (Å²) in [6.07, 6.45) is 0.465. The second kappa shape index (κ2) is 10.1. The van der Waals surface area contributed by atoms with E-state index in [4.69, 9.17) is 4.74 Å². The molecule has 0 bridgehead atoms. The summed E-state index contributed by atoms with van der Waals surface area (Å²) in [5.74, 6) is 1.27. The van der Waals surface area contributed by atoms with Crippen LogP contribution in [0.3, 0.4) is 0 Å². The van der Waals surface area contributed by atoms with Gasteiger partial charge in [-0.15, -0.1) is 11.8 Å². The van der Waals surface area contributed by atoms with Gasteiger partial charge in [0.1, 0.15) is 5.75 Å². The van der Waals surface area contributed by atoms with Crippen LogP contribution in [0.15, 0.2) is 70.3 Å². The summed E-state index contributed by atoms with van der Waals surface area (Å²) in [5.41, 5.74) is 2.69. The number of nitrogens with one attached hydrogen (secondary N) is 1. The van der Waals surface area contributed by atoms with Gasteiger partial charge < -0.3 is 10.1 Å². The van der Waals surface area contributed by atoms with Crippen molar-refractivity contribution in [2.45, 2.75) is 24.0 Å². The Labute approximate surface area is 172 Å². The lowest BCUT2D eigenvalue weighted by atomic mass is 10.1. The molecule has 1 amide bonds. The first-order valence-corrected chi connectivity index (χ1v) is 10.9. The average molecular weight is 412 g/mol. The van der Waals surface area contributed by atoms with Crippen molar-refractivity contribution in [1.29, 1.82) is 0 Å². The van der Waals surface area contributed by atoms with Crippen molar-refractivity contribution < 1.29 is 14.3 Å². The Bertz CT molecular complexity index is 921. The number of carbonyl (C=O) groups is 2. The smallest absolute Gasteiger partial charge is 0.262 e. The van der Waals surface area contributed by atoms with Crippen molar-refractivity contribution in [1.82, 2.24) is 0 Å². The minimum Gasteiger partial charge on any atom is -0.484 e. The summed E-state index contributed by atoms with van der Waals surface area (Å²) in [5, 5.41) is 7.10. The molecule has 0 radical (unpaired) electrons. The maximum absolute atomic E-state index is 12.3. The maximum Gasteiger partial charge on any atom is 0.262 e. The van der Waals surface area contributed by atoms with E-state index in [9.17, 15) is 9.59 Å². The van der Waals surface area contributed by atoms with Gasteiger partial charge in [-0.25, -0.2) is 0 Å². The molecule has 144 valence electrons. The van der Waals surface area contributed by atoms with E-state index in [2.05, 4.69) is 22.1 Å². The predicted molar refractivity (Wildman–Crippen MR) is 116 cm³/mol. The second-order valence-electron chi connectivity index (χ2n) is 6.05. The fourth-order valence-corrected chi connectivity index (χ4v) is 4.23. The molecule has 1 N–H and O–H groups in total. The van der Waals surface area contributed by atoms with Gasteiger partial charge in [0, 0.05) is 22.6 Å². The molecule has 1 aromatic heterocycles. The highest BCUT2D eigenvalue weighted by molar-refractivity contribution is 7.98. The molecule has 0 aliphatic heterocycles. The van der Waals surface area contributed by atoms with Gasteiger partial charge in [0.25, 0.3) is 5.91 Å². The van der Waals surface area contributed by atoms with E-state index in [0.717, 1.165) is 16.3 Å². The number of ketones is 1. The lowest BCUT2D eigenvalue weighted by molar-refractivity contribution is -0.118. The molecule has 6 heteroatoms. The molecule has 0 unspecified atom stereocenters. The van der Waals surface area contributed by atoms with E-state index < -0.39 is 0 Å². The lowest BCUT2D eigenvalue weighted by Crippen LogP contribution is -2.20. The molecule has 28 heavy (non-hydrogen) atoms. The normalized spacial score (nSPS) is 10.5. The fraction of sp³-hybridized carbons (Fsp3) is 0.182. The first-order valence-electron chi connectivity index (χ1n) is 8.94. The van der Waals surface area contributed by atoms with Crippen LogP contribution in [0.4, 0.5) is 5.69 Å². The van der Waals surface area contributed by atoms with Crippen LogP contribution in [0.5, 0.6) is 5.75 Å². The number of hydrogen-bond donors (Lipinski definition) is 1. The monoisotopic (exact) mass is 411 g/mol. The van der Waals surface area contributed by atoms with Gasteiger partial charge >= 0.3 is 0 Å². The molecule has 1 heterocycles. The van der Waals surface area contributed by atoms with Gasteiger partial charge in [-0.2, -0.15) is 11.3 Å². The first kappa shape index (κ1) is 20.2. The number of benzene rings is 2. The predicted octanol–water partition coefficient (Wildman–Crippen LogP) is 5.65. The third-order valence-corrected chi connectivity index (χ3v) is 5.88. The average Bonchev–Trinajstić information content (AvgIpc) is 3.25. The minimum atomic E-state index is -0.225. The zero-order chi connectivity index (χ0) is 19.8. The highest BCUT2D eigenvalue weighted by Gasteiger charge is 2.09.